The summed E-state index contributed by atoms with van der Waals surface area (Å²) in [5.74, 6) is 0.162. The third kappa shape index (κ3) is 3.96. The summed E-state index contributed by atoms with van der Waals surface area (Å²) in [7, 11) is 0. The van der Waals surface area contributed by atoms with Crippen LogP contribution in [0.3, 0.4) is 0 Å². The van der Waals surface area contributed by atoms with Crippen LogP contribution in [-0.2, 0) is 14.3 Å². The fourth-order valence-corrected chi connectivity index (χ4v) is 5.06. The number of Topliss-reactive ketones (excluding diaryl/α,β-unsaturated/α-hetero) is 1. The fourth-order valence-electron chi connectivity index (χ4n) is 5.06. The van der Waals surface area contributed by atoms with Crippen molar-refractivity contribution < 1.29 is 73.7 Å². The van der Waals surface area contributed by atoms with E-state index in [4.69, 9.17) is 9.47 Å². The molecule has 0 spiro atoms. The van der Waals surface area contributed by atoms with Gasteiger partial charge in [-0.25, -0.2) is 0 Å². The number of epoxide rings is 2. The molecule has 7 heteroatoms. The molecule has 0 bridgehead atoms. The largest absolute Gasteiger partial charge is 0.393 e. The Morgan fingerprint density at radius 2 is 1.41 bits per heavy atom. The van der Waals surface area contributed by atoms with Crippen molar-refractivity contribution in [2.24, 2.45) is 5.92 Å². The van der Waals surface area contributed by atoms with Crippen molar-refractivity contribution >= 4 is 5.78 Å². The molecule has 6 nitrogen and oxygen atoms in total. The van der Waals surface area contributed by atoms with Crippen LogP contribution in [-0.4, -0.2) is 61.8 Å². The van der Waals surface area contributed by atoms with Gasteiger partial charge in [-0.1, -0.05) is 13.8 Å². The molecule has 0 aromatic heterocycles. The Bertz CT molecular complexity index is 587. The predicted octanol–water partition coefficient (Wildman–Crippen LogP) is 1.72. The molecule has 0 aromatic carbocycles. The van der Waals surface area contributed by atoms with E-state index in [0.29, 0.717) is 32.1 Å². The molecule has 4 aliphatic rings. The van der Waals surface area contributed by atoms with Crippen LogP contribution in [0, 0.1) is 50.0 Å². The summed E-state index contributed by atoms with van der Waals surface area (Å²) in [6, 6.07) is 0. The Morgan fingerprint density at radius 1 is 0.963 bits per heavy atom. The van der Waals surface area contributed by atoms with Gasteiger partial charge in [-0.3, -0.25) is 4.79 Å². The van der Waals surface area contributed by atoms with Gasteiger partial charge in [0.1, 0.15) is 17.0 Å². The van der Waals surface area contributed by atoms with E-state index in [-0.39, 0.29) is 79.2 Å². The monoisotopic (exact) mass is 597 g/mol. The average Bonchev–Trinajstić information content (AvgIpc) is 3.43. The van der Waals surface area contributed by atoms with E-state index in [1.165, 1.54) is 0 Å². The average molecular weight is 597 g/mol. The van der Waals surface area contributed by atoms with Crippen molar-refractivity contribution in [1.82, 2.24) is 0 Å². The van der Waals surface area contributed by atoms with Crippen LogP contribution in [0.1, 0.15) is 73.1 Å². The van der Waals surface area contributed by atoms with Crippen molar-refractivity contribution in [2.45, 2.75) is 114 Å². The fraction of sp³-hybridized carbons (Fsp3) is 0.950. The predicted molar refractivity (Wildman–Crippen MR) is 95.7 cm³/mol. The second-order valence-corrected chi connectivity index (χ2v) is 9.04. The summed E-state index contributed by atoms with van der Waals surface area (Å²) < 4.78 is 11.0. The number of ketones is 1. The number of carbonyl (C=O) groups is 1. The van der Waals surface area contributed by atoms with Gasteiger partial charge in [0, 0.05) is 62.8 Å². The van der Waals surface area contributed by atoms with Gasteiger partial charge in [0.05, 0.1) is 29.5 Å². The molecule has 8 atom stereocenters. The second-order valence-electron chi connectivity index (χ2n) is 9.04. The van der Waals surface area contributed by atoms with Crippen LogP contribution < -0.4 is 0 Å². The summed E-state index contributed by atoms with van der Waals surface area (Å²) in [6.07, 6.45) is 3.56. The van der Waals surface area contributed by atoms with Crippen molar-refractivity contribution in [2.75, 3.05) is 0 Å². The molecular formula is C20H34AcO6. The Balaban J connectivity index is 0.000000189. The minimum Gasteiger partial charge on any atom is -0.393 e. The Labute approximate surface area is 197 Å². The van der Waals surface area contributed by atoms with Crippen molar-refractivity contribution in [3.05, 3.63) is 0 Å². The van der Waals surface area contributed by atoms with Gasteiger partial charge in [-0.05, 0) is 46.5 Å². The van der Waals surface area contributed by atoms with Gasteiger partial charge in [-0.15, -0.1) is 0 Å². The molecular weight excluding hydrogens is 563 g/mol. The maximum Gasteiger partial charge on any atom is 0.133 e. The first kappa shape index (κ1) is 24.2. The summed E-state index contributed by atoms with van der Waals surface area (Å²) in [5, 5.41) is 30.0. The van der Waals surface area contributed by atoms with Crippen LogP contribution in [0.2, 0.25) is 0 Å². The van der Waals surface area contributed by atoms with E-state index in [0.717, 1.165) is 6.42 Å². The van der Waals surface area contributed by atoms with Crippen molar-refractivity contribution in [3.8, 4) is 0 Å². The topological polar surface area (TPSA) is 103 Å². The molecule has 1 radical (unpaired) electrons. The first-order valence-electron chi connectivity index (χ1n) is 9.93. The van der Waals surface area contributed by atoms with Crippen LogP contribution in [0.4, 0.5) is 0 Å². The minimum absolute atomic E-state index is 0. The van der Waals surface area contributed by atoms with Crippen molar-refractivity contribution in [1.29, 1.82) is 0 Å². The van der Waals surface area contributed by atoms with Crippen LogP contribution in [0.5, 0.6) is 0 Å². The first-order valence-corrected chi connectivity index (χ1v) is 9.93. The molecule has 0 amide bonds. The standard InChI is InChI=1S/C11H18O3.C9H16O3.Ac/c1-4-11(13)6-8(7(2)12)5-9-10(11,3)14-9;1-3-9(11)5-6(10)4-7-8(9,2)12-7;/h8-9,13H,4-6H2,1-3H3;6-7,10-11H,3-5H2,1-2H3;/t8-,9+,10+,11-;6?,7?,8-,9+;/m01./s1. The molecule has 2 saturated carbocycles. The normalized spacial score (nSPS) is 52.3. The van der Waals surface area contributed by atoms with Gasteiger partial charge >= 0.3 is 0 Å². The number of ether oxygens (including phenoxy) is 2. The van der Waals surface area contributed by atoms with Gasteiger partial charge in [0.25, 0.3) is 0 Å². The van der Waals surface area contributed by atoms with E-state index in [2.05, 4.69) is 0 Å². The number of rotatable bonds is 3. The summed E-state index contributed by atoms with van der Waals surface area (Å²) in [4.78, 5) is 11.3. The second kappa shape index (κ2) is 7.87. The SMILES string of the molecule is CC[C@]1(O)CC(O)CC2O[C@]21C.CC[C@]1(O)C[C@@H](C(C)=O)C[C@H]2O[C@]21C.[Ac]. The molecule has 3 N–H and O–H groups in total. The van der Waals surface area contributed by atoms with Gasteiger partial charge in [0.2, 0.25) is 0 Å². The molecule has 4 fully saturated rings. The molecule has 2 unspecified atom stereocenters. The maximum absolute atomic E-state index is 11.3. The number of aliphatic hydroxyl groups excluding tert-OH is 1. The van der Waals surface area contributed by atoms with Crippen molar-refractivity contribution in [3.63, 3.8) is 0 Å². The molecule has 4 rings (SSSR count). The molecule has 27 heavy (non-hydrogen) atoms. The minimum atomic E-state index is -0.810. The summed E-state index contributed by atoms with van der Waals surface area (Å²) >= 11 is 0. The zero-order valence-corrected chi connectivity index (χ0v) is 21.9. The van der Waals surface area contributed by atoms with E-state index >= 15 is 0 Å². The van der Waals surface area contributed by atoms with Gasteiger partial charge < -0.3 is 24.8 Å². The number of carbonyl (C=O) groups excluding carboxylic acids is 1. The Hall–Kier alpha value is 0.912. The van der Waals surface area contributed by atoms with E-state index in [9.17, 15) is 20.1 Å². The molecule has 2 aliphatic carbocycles. The third-order valence-corrected chi connectivity index (χ3v) is 7.62. The molecule has 2 heterocycles. The number of hydrogen-bond acceptors (Lipinski definition) is 6. The van der Waals surface area contributed by atoms with Gasteiger partial charge in [0.15, 0.2) is 0 Å². The smallest absolute Gasteiger partial charge is 0.133 e. The van der Waals surface area contributed by atoms with E-state index < -0.39 is 17.3 Å². The zero-order valence-electron chi connectivity index (χ0n) is 17.2. The van der Waals surface area contributed by atoms with Crippen LogP contribution in [0.25, 0.3) is 0 Å². The first-order chi connectivity index (χ1) is 11.9. The Morgan fingerprint density at radius 3 is 1.85 bits per heavy atom. The quantitative estimate of drug-likeness (QED) is 0.429. The van der Waals surface area contributed by atoms with Gasteiger partial charge in [-0.2, -0.15) is 0 Å². The van der Waals surface area contributed by atoms with E-state index in [1.807, 2.05) is 27.7 Å². The zero-order chi connectivity index (χ0) is 19.5. The molecule has 0 aromatic rings. The summed E-state index contributed by atoms with van der Waals surface area (Å²) in [5.41, 5.74) is -2.36. The molecule has 153 valence electrons. The molecule has 2 aliphatic heterocycles. The van der Waals surface area contributed by atoms with E-state index in [1.54, 1.807) is 6.92 Å². The molecule has 2 saturated heterocycles. The Kier molecular flexibility index (Phi) is 7.05. The van der Waals surface area contributed by atoms with Crippen LogP contribution >= 0.6 is 0 Å². The third-order valence-electron chi connectivity index (χ3n) is 7.62. The number of fused-ring (bicyclic) bond motifs is 2. The number of aliphatic hydroxyl groups is 3. The summed E-state index contributed by atoms with van der Waals surface area (Å²) in [6.45, 7) is 9.38. The maximum atomic E-state index is 11.3. The number of hydrogen-bond donors (Lipinski definition) is 3. The van der Waals surface area contributed by atoms with Crippen LogP contribution in [0.15, 0.2) is 0 Å².